The number of fused-ring (bicyclic) bond motifs is 2. The van der Waals surface area contributed by atoms with E-state index in [0.717, 1.165) is 81.7 Å². The molecule has 3 aliphatic heterocycles. The average molecular weight is 561 g/mol. The summed E-state index contributed by atoms with van der Waals surface area (Å²) in [4.78, 5) is 17.6. The summed E-state index contributed by atoms with van der Waals surface area (Å²) in [5, 5.41) is 10.2. The van der Waals surface area contributed by atoms with Crippen LogP contribution in [0, 0.1) is 0 Å². The number of benzene rings is 3. The lowest BCUT2D eigenvalue weighted by Crippen LogP contribution is -2.38. The fourth-order valence-electron chi connectivity index (χ4n) is 5.79. The zero-order valence-electron chi connectivity index (χ0n) is 22.6. The van der Waals surface area contributed by atoms with Gasteiger partial charge in [0.05, 0.1) is 12.4 Å². The minimum atomic E-state index is -0.281. The van der Waals surface area contributed by atoms with Gasteiger partial charge in [0.2, 0.25) is 0 Å². The number of anilines is 1. The molecular weight excluding hydrogens is 527 g/mol. The number of thioether (sulfide) groups is 1. The van der Waals surface area contributed by atoms with Gasteiger partial charge in [0.15, 0.2) is 6.61 Å². The number of likely N-dealkylation sites (tertiary alicyclic amines) is 1. The molecule has 1 amide bonds. The SMILES string of the molecule is CCN1C(=O)COc2ccc(C3=C(c4ccc(O[C@H]5CCN(CCCF)C5)cc4)c4ccc(O)cc4SC3)cc21. The topological polar surface area (TPSA) is 62.2 Å². The van der Waals surface area contributed by atoms with E-state index in [1.165, 1.54) is 0 Å². The summed E-state index contributed by atoms with van der Waals surface area (Å²) < 4.78 is 24.5. The van der Waals surface area contributed by atoms with Crippen LogP contribution in [0.25, 0.3) is 11.1 Å². The van der Waals surface area contributed by atoms with Crippen molar-refractivity contribution in [3.63, 3.8) is 0 Å². The molecule has 1 N–H and O–H groups in total. The average Bonchev–Trinajstić information content (AvgIpc) is 3.42. The number of hydrogen-bond donors (Lipinski definition) is 1. The number of carbonyl (C=O) groups is 1. The first-order valence-corrected chi connectivity index (χ1v) is 14.8. The van der Waals surface area contributed by atoms with Crippen LogP contribution in [0.1, 0.15) is 36.5 Å². The molecule has 1 atom stereocenters. The molecule has 0 radical (unpaired) electrons. The van der Waals surface area contributed by atoms with Crippen molar-refractivity contribution in [1.29, 1.82) is 0 Å². The maximum atomic E-state index is 12.6. The second-order valence-electron chi connectivity index (χ2n) is 10.3. The molecule has 0 aromatic heterocycles. The van der Waals surface area contributed by atoms with E-state index in [4.69, 9.17) is 9.47 Å². The Kier molecular flexibility index (Phi) is 7.71. The highest BCUT2D eigenvalue weighted by molar-refractivity contribution is 7.99. The van der Waals surface area contributed by atoms with Crippen molar-refractivity contribution in [2.24, 2.45) is 0 Å². The summed E-state index contributed by atoms with van der Waals surface area (Å²) in [5.74, 6) is 2.47. The Morgan fingerprint density at radius 1 is 1.10 bits per heavy atom. The Morgan fingerprint density at radius 3 is 2.73 bits per heavy atom. The maximum Gasteiger partial charge on any atom is 0.265 e. The Hall–Kier alpha value is -3.49. The lowest BCUT2D eigenvalue weighted by Gasteiger charge is -2.30. The van der Waals surface area contributed by atoms with Crippen LogP contribution in [-0.2, 0) is 4.79 Å². The molecule has 3 aromatic rings. The van der Waals surface area contributed by atoms with Gasteiger partial charge in [-0.3, -0.25) is 14.1 Å². The number of halogens is 1. The van der Waals surface area contributed by atoms with Gasteiger partial charge in [-0.15, -0.1) is 11.8 Å². The highest BCUT2D eigenvalue weighted by Crippen LogP contribution is 2.47. The molecule has 0 spiro atoms. The second kappa shape index (κ2) is 11.6. The van der Waals surface area contributed by atoms with E-state index in [0.29, 0.717) is 13.0 Å². The number of rotatable bonds is 8. The van der Waals surface area contributed by atoms with Crippen LogP contribution in [0.5, 0.6) is 17.2 Å². The molecule has 40 heavy (non-hydrogen) atoms. The molecule has 8 heteroatoms. The number of nitrogens with zero attached hydrogens (tertiary/aromatic N) is 2. The van der Waals surface area contributed by atoms with Crippen molar-refractivity contribution in [2.45, 2.75) is 30.8 Å². The molecule has 6 rings (SSSR count). The monoisotopic (exact) mass is 560 g/mol. The number of phenols is 1. The van der Waals surface area contributed by atoms with Crippen molar-refractivity contribution >= 4 is 34.5 Å². The lowest BCUT2D eigenvalue weighted by molar-refractivity contribution is -0.121. The third-order valence-corrected chi connectivity index (χ3v) is 8.84. The molecule has 208 valence electrons. The fourth-order valence-corrected chi connectivity index (χ4v) is 6.93. The van der Waals surface area contributed by atoms with Crippen LogP contribution in [0.15, 0.2) is 65.6 Å². The van der Waals surface area contributed by atoms with Crippen LogP contribution >= 0.6 is 11.8 Å². The Morgan fingerprint density at radius 2 is 1.93 bits per heavy atom. The quantitative estimate of drug-likeness (QED) is 0.364. The Bertz CT molecular complexity index is 1440. The molecule has 1 fully saturated rings. The zero-order valence-corrected chi connectivity index (χ0v) is 23.4. The predicted molar refractivity (Wildman–Crippen MR) is 157 cm³/mol. The van der Waals surface area contributed by atoms with Gasteiger partial charge in [-0.05, 0) is 90.1 Å². The fraction of sp³-hybridized carbons (Fsp3) is 0.344. The van der Waals surface area contributed by atoms with Crippen molar-refractivity contribution in [3.8, 4) is 17.2 Å². The number of hydrogen-bond acceptors (Lipinski definition) is 6. The Labute approximate surface area is 238 Å². The van der Waals surface area contributed by atoms with E-state index in [-0.39, 0.29) is 31.0 Å². The van der Waals surface area contributed by atoms with Gasteiger partial charge in [0, 0.05) is 36.8 Å². The van der Waals surface area contributed by atoms with Gasteiger partial charge in [-0.2, -0.15) is 0 Å². The first-order valence-electron chi connectivity index (χ1n) is 13.9. The third-order valence-electron chi connectivity index (χ3n) is 7.76. The number of carbonyl (C=O) groups excluding carboxylic acids is 1. The number of likely N-dealkylation sites (N-methyl/N-ethyl adjacent to an activating group) is 1. The maximum absolute atomic E-state index is 12.6. The van der Waals surface area contributed by atoms with E-state index >= 15 is 0 Å². The number of aromatic hydroxyl groups is 1. The normalized spacial score (nSPS) is 18.9. The summed E-state index contributed by atoms with van der Waals surface area (Å²) in [6, 6.07) is 19.8. The molecule has 6 nitrogen and oxygen atoms in total. The van der Waals surface area contributed by atoms with E-state index < -0.39 is 0 Å². The summed E-state index contributed by atoms with van der Waals surface area (Å²) in [6.07, 6.45) is 1.62. The van der Waals surface area contributed by atoms with Crippen LogP contribution in [-0.4, -0.2) is 67.2 Å². The molecule has 0 saturated carbocycles. The highest BCUT2D eigenvalue weighted by atomic mass is 32.2. The summed E-state index contributed by atoms with van der Waals surface area (Å²) >= 11 is 1.70. The van der Waals surface area contributed by atoms with Gasteiger partial charge in [-0.1, -0.05) is 18.2 Å². The van der Waals surface area contributed by atoms with Crippen LogP contribution < -0.4 is 14.4 Å². The first kappa shape index (κ1) is 26.7. The molecule has 0 unspecified atom stereocenters. The number of alkyl halides is 1. The molecule has 3 aromatic carbocycles. The van der Waals surface area contributed by atoms with Crippen molar-refractivity contribution in [3.05, 3.63) is 77.4 Å². The lowest BCUT2D eigenvalue weighted by atomic mass is 9.89. The standard InChI is InChI=1S/C32H33FN2O4S/c1-2-35-28-16-22(6-11-29(28)38-19-31(35)37)27-20-40-30-17-23(36)7-10-26(30)32(27)21-4-8-24(9-5-21)39-25-12-15-34(18-25)14-3-13-33/h4-11,16-17,25,36H,2-3,12-15,18-20H2,1H3/t25-/m0/s1. The van der Waals surface area contributed by atoms with Gasteiger partial charge < -0.3 is 19.5 Å². The van der Waals surface area contributed by atoms with Gasteiger partial charge in [0.25, 0.3) is 5.91 Å². The first-order chi connectivity index (χ1) is 19.5. The summed E-state index contributed by atoms with van der Waals surface area (Å²) in [5.41, 5.74) is 6.22. The van der Waals surface area contributed by atoms with E-state index in [1.54, 1.807) is 22.7 Å². The van der Waals surface area contributed by atoms with Gasteiger partial charge >= 0.3 is 0 Å². The number of ether oxygens (including phenoxy) is 2. The predicted octanol–water partition coefficient (Wildman–Crippen LogP) is 6.02. The smallest absolute Gasteiger partial charge is 0.265 e. The molecule has 0 bridgehead atoms. The van der Waals surface area contributed by atoms with Crippen LogP contribution in [0.4, 0.5) is 10.1 Å². The van der Waals surface area contributed by atoms with Gasteiger partial charge in [-0.25, -0.2) is 0 Å². The van der Waals surface area contributed by atoms with Crippen LogP contribution in [0.3, 0.4) is 0 Å². The minimum Gasteiger partial charge on any atom is -0.508 e. The molecule has 0 aliphatic carbocycles. The zero-order chi connectivity index (χ0) is 27.6. The van der Waals surface area contributed by atoms with E-state index in [1.807, 2.05) is 37.3 Å². The number of phenolic OH excluding ortho intramolecular Hbond substituents is 1. The summed E-state index contributed by atoms with van der Waals surface area (Å²) in [6.45, 7) is 4.87. The molecule has 1 saturated heterocycles. The summed E-state index contributed by atoms with van der Waals surface area (Å²) in [7, 11) is 0. The highest BCUT2D eigenvalue weighted by Gasteiger charge is 2.28. The van der Waals surface area contributed by atoms with Crippen molar-refractivity contribution in [2.75, 3.05) is 50.1 Å². The molecular formula is C32H33FN2O4S. The Balaban J connectivity index is 1.34. The molecule has 3 aliphatic rings. The second-order valence-corrected chi connectivity index (χ2v) is 11.3. The minimum absolute atomic E-state index is 0.0384. The van der Waals surface area contributed by atoms with E-state index in [9.17, 15) is 14.3 Å². The van der Waals surface area contributed by atoms with E-state index in [2.05, 4.69) is 29.2 Å². The number of amides is 1. The third kappa shape index (κ3) is 5.30. The largest absolute Gasteiger partial charge is 0.508 e. The molecule has 3 heterocycles. The van der Waals surface area contributed by atoms with Crippen LogP contribution in [0.2, 0.25) is 0 Å². The van der Waals surface area contributed by atoms with Crippen molar-refractivity contribution in [1.82, 2.24) is 4.90 Å². The van der Waals surface area contributed by atoms with Gasteiger partial charge in [0.1, 0.15) is 23.4 Å². The van der Waals surface area contributed by atoms with Crippen molar-refractivity contribution < 1.29 is 23.8 Å².